The van der Waals surface area contributed by atoms with Crippen LogP contribution in [0.3, 0.4) is 0 Å². The predicted octanol–water partition coefficient (Wildman–Crippen LogP) is 1.19. The molecule has 0 amide bonds. The maximum Gasteiger partial charge on any atom is 0.243 e. The fourth-order valence-electron chi connectivity index (χ4n) is 2.97. The van der Waals surface area contributed by atoms with Crippen molar-refractivity contribution in [3.05, 3.63) is 23.8 Å². The maximum atomic E-state index is 12.7. The van der Waals surface area contributed by atoms with Crippen LogP contribution in [0.2, 0.25) is 0 Å². The minimum Gasteiger partial charge on any atom is -0.389 e. The summed E-state index contributed by atoms with van der Waals surface area (Å²) in [6.45, 7) is 3.21. The normalized spacial score (nSPS) is 27.1. The summed E-state index contributed by atoms with van der Waals surface area (Å²) < 4.78 is 26.7. The SMILES string of the molecule is CC1(O)CCCN(S(=O)(=O)c2ccc3c(c2)CCN3)C1. The summed E-state index contributed by atoms with van der Waals surface area (Å²) in [5.74, 6) is 0. The Labute approximate surface area is 119 Å². The first-order valence-corrected chi connectivity index (χ1v) is 8.42. The molecule has 5 nitrogen and oxygen atoms in total. The van der Waals surface area contributed by atoms with Crippen molar-refractivity contribution in [2.75, 3.05) is 25.0 Å². The van der Waals surface area contributed by atoms with Crippen LogP contribution < -0.4 is 5.32 Å². The highest BCUT2D eigenvalue weighted by Crippen LogP contribution is 2.29. The van der Waals surface area contributed by atoms with E-state index in [2.05, 4.69) is 5.32 Å². The summed E-state index contributed by atoms with van der Waals surface area (Å²) in [4.78, 5) is 0.331. The third-order valence-corrected chi connectivity index (χ3v) is 5.91. The molecule has 3 rings (SSSR count). The van der Waals surface area contributed by atoms with E-state index in [-0.39, 0.29) is 6.54 Å². The molecule has 0 aliphatic carbocycles. The molecule has 110 valence electrons. The van der Waals surface area contributed by atoms with E-state index in [1.54, 1.807) is 19.1 Å². The molecule has 2 aliphatic heterocycles. The van der Waals surface area contributed by atoms with Crippen LogP contribution in [0.4, 0.5) is 5.69 Å². The number of aliphatic hydroxyl groups is 1. The van der Waals surface area contributed by atoms with Crippen molar-refractivity contribution >= 4 is 15.7 Å². The van der Waals surface area contributed by atoms with Gasteiger partial charge in [0.2, 0.25) is 10.0 Å². The average Bonchev–Trinajstić information content (AvgIpc) is 2.84. The zero-order chi connectivity index (χ0) is 14.4. The summed E-state index contributed by atoms with van der Waals surface area (Å²) >= 11 is 0. The fraction of sp³-hybridized carbons (Fsp3) is 0.571. The Morgan fingerprint density at radius 1 is 1.40 bits per heavy atom. The van der Waals surface area contributed by atoms with Gasteiger partial charge >= 0.3 is 0 Å². The van der Waals surface area contributed by atoms with E-state index in [9.17, 15) is 13.5 Å². The van der Waals surface area contributed by atoms with Gasteiger partial charge in [0.15, 0.2) is 0 Å². The molecule has 1 aromatic carbocycles. The highest BCUT2D eigenvalue weighted by atomic mass is 32.2. The van der Waals surface area contributed by atoms with E-state index in [1.165, 1.54) is 4.31 Å². The Bertz CT molecular complexity index is 625. The van der Waals surface area contributed by atoms with Gasteiger partial charge in [-0.15, -0.1) is 0 Å². The summed E-state index contributed by atoms with van der Waals surface area (Å²) in [6.07, 6.45) is 2.20. The second-order valence-corrected chi connectivity index (χ2v) is 7.87. The Hall–Kier alpha value is -1.11. The van der Waals surface area contributed by atoms with Gasteiger partial charge in [0.25, 0.3) is 0 Å². The van der Waals surface area contributed by atoms with Crippen molar-refractivity contribution in [1.29, 1.82) is 0 Å². The molecule has 0 saturated carbocycles. The average molecular weight is 296 g/mol. The van der Waals surface area contributed by atoms with Crippen molar-refractivity contribution in [3.8, 4) is 0 Å². The van der Waals surface area contributed by atoms with E-state index in [0.717, 1.165) is 24.2 Å². The third kappa shape index (κ3) is 2.43. The lowest BCUT2D eigenvalue weighted by Gasteiger charge is -2.36. The molecule has 0 radical (unpaired) electrons. The van der Waals surface area contributed by atoms with Gasteiger partial charge in [0.05, 0.1) is 10.5 Å². The Kier molecular flexibility index (Phi) is 3.27. The number of rotatable bonds is 2. The number of benzene rings is 1. The predicted molar refractivity (Wildman–Crippen MR) is 77.3 cm³/mol. The van der Waals surface area contributed by atoms with Crippen LogP contribution in [0.25, 0.3) is 0 Å². The van der Waals surface area contributed by atoms with E-state index in [4.69, 9.17) is 0 Å². The minimum absolute atomic E-state index is 0.171. The lowest BCUT2D eigenvalue weighted by Crippen LogP contribution is -2.48. The Morgan fingerprint density at radius 3 is 2.95 bits per heavy atom. The first-order chi connectivity index (χ1) is 9.38. The van der Waals surface area contributed by atoms with Gasteiger partial charge in [-0.25, -0.2) is 8.42 Å². The van der Waals surface area contributed by atoms with Gasteiger partial charge in [0, 0.05) is 25.3 Å². The molecule has 6 heteroatoms. The number of nitrogens with one attached hydrogen (secondary N) is 1. The molecule has 0 aromatic heterocycles. The Morgan fingerprint density at radius 2 is 2.20 bits per heavy atom. The third-order valence-electron chi connectivity index (χ3n) is 4.06. The molecular formula is C14H20N2O3S. The number of hydrogen-bond donors (Lipinski definition) is 2. The van der Waals surface area contributed by atoms with E-state index >= 15 is 0 Å². The molecule has 2 aliphatic rings. The van der Waals surface area contributed by atoms with Crippen molar-refractivity contribution in [3.63, 3.8) is 0 Å². The van der Waals surface area contributed by atoms with Crippen LogP contribution in [-0.4, -0.2) is 43.1 Å². The lowest BCUT2D eigenvalue weighted by molar-refractivity contribution is 0.00940. The number of anilines is 1. The van der Waals surface area contributed by atoms with Crippen LogP contribution in [0.15, 0.2) is 23.1 Å². The van der Waals surface area contributed by atoms with Crippen LogP contribution in [0.1, 0.15) is 25.3 Å². The summed E-state index contributed by atoms with van der Waals surface area (Å²) in [5, 5.41) is 13.3. The number of fused-ring (bicyclic) bond motifs is 1. The molecule has 1 fully saturated rings. The smallest absolute Gasteiger partial charge is 0.243 e. The van der Waals surface area contributed by atoms with Gasteiger partial charge in [0.1, 0.15) is 0 Å². The van der Waals surface area contributed by atoms with E-state index < -0.39 is 15.6 Å². The standard InChI is InChI=1S/C14H20N2O3S/c1-14(17)6-2-8-16(10-14)20(18,19)12-3-4-13-11(9-12)5-7-15-13/h3-4,9,15,17H,2,5-8,10H2,1H3. The van der Waals surface area contributed by atoms with Gasteiger partial charge in [-0.05, 0) is 49.9 Å². The first-order valence-electron chi connectivity index (χ1n) is 6.98. The minimum atomic E-state index is -3.51. The fourth-order valence-corrected chi connectivity index (χ4v) is 4.62. The number of hydrogen-bond acceptors (Lipinski definition) is 4. The monoisotopic (exact) mass is 296 g/mol. The molecule has 1 aromatic rings. The van der Waals surface area contributed by atoms with Crippen molar-refractivity contribution in [1.82, 2.24) is 4.31 Å². The second-order valence-electron chi connectivity index (χ2n) is 5.93. The van der Waals surface area contributed by atoms with E-state index in [0.29, 0.717) is 24.3 Å². The zero-order valence-electron chi connectivity index (χ0n) is 11.6. The molecule has 2 N–H and O–H groups in total. The molecular weight excluding hydrogens is 276 g/mol. The van der Waals surface area contributed by atoms with Crippen molar-refractivity contribution < 1.29 is 13.5 Å². The lowest BCUT2D eigenvalue weighted by atomic mass is 9.97. The molecule has 2 heterocycles. The van der Waals surface area contributed by atoms with Crippen LogP contribution >= 0.6 is 0 Å². The zero-order valence-corrected chi connectivity index (χ0v) is 12.4. The quantitative estimate of drug-likeness (QED) is 0.860. The van der Waals surface area contributed by atoms with Gasteiger partial charge in [-0.1, -0.05) is 0 Å². The Balaban J connectivity index is 1.92. The number of nitrogens with zero attached hydrogens (tertiary/aromatic N) is 1. The van der Waals surface area contributed by atoms with Crippen LogP contribution in [0.5, 0.6) is 0 Å². The molecule has 1 atom stereocenters. The topological polar surface area (TPSA) is 69.6 Å². The largest absolute Gasteiger partial charge is 0.389 e. The number of sulfonamides is 1. The summed E-state index contributed by atoms with van der Waals surface area (Å²) in [5.41, 5.74) is 1.15. The molecule has 1 saturated heterocycles. The van der Waals surface area contributed by atoms with Gasteiger partial charge < -0.3 is 10.4 Å². The maximum absolute atomic E-state index is 12.7. The number of β-amino-alcohol motifs (C(OH)–C–C–N with tert-alkyl or cyclic N) is 1. The van der Waals surface area contributed by atoms with Gasteiger partial charge in [-0.3, -0.25) is 0 Å². The molecule has 20 heavy (non-hydrogen) atoms. The summed E-state index contributed by atoms with van der Waals surface area (Å²) in [7, 11) is -3.51. The summed E-state index contributed by atoms with van der Waals surface area (Å²) in [6, 6.07) is 5.24. The molecule has 0 spiro atoms. The van der Waals surface area contributed by atoms with Crippen LogP contribution in [-0.2, 0) is 16.4 Å². The highest BCUT2D eigenvalue weighted by Gasteiger charge is 2.35. The van der Waals surface area contributed by atoms with Crippen molar-refractivity contribution in [2.45, 2.75) is 36.7 Å². The second kappa shape index (κ2) is 4.72. The van der Waals surface area contributed by atoms with Gasteiger partial charge in [-0.2, -0.15) is 4.31 Å². The molecule has 1 unspecified atom stereocenters. The first kappa shape index (κ1) is 13.9. The van der Waals surface area contributed by atoms with Crippen LogP contribution in [0, 0.1) is 0 Å². The van der Waals surface area contributed by atoms with E-state index in [1.807, 2.05) is 6.07 Å². The highest BCUT2D eigenvalue weighted by molar-refractivity contribution is 7.89. The van der Waals surface area contributed by atoms with Crippen molar-refractivity contribution in [2.24, 2.45) is 0 Å². The molecule has 0 bridgehead atoms. The number of piperidine rings is 1.